The van der Waals surface area contributed by atoms with E-state index in [0.717, 1.165) is 0 Å². The SMILES string of the molecule is [CH2]COCCC(=O)N(C)C. The van der Waals surface area contributed by atoms with Crippen LogP contribution in [0, 0.1) is 6.92 Å². The number of carbonyl (C=O) groups excluding carboxylic acids is 1. The normalized spacial score (nSPS) is 9.50. The van der Waals surface area contributed by atoms with E-state index in [1.807, 2.05) is 0 Å². The first-order chi connectivity index (χ1) is 4.68. The topological polar surface area (TPSA) is 29.5 Å². The van der Waals surface area contributed by atoms with Gasteiger partial charge in [0.1, 0.15) is 0 Å². The second-order valence-corrected chi connectivity index (χ2v) is 2.15. The molecule has 0 unspecified atom stereocenters. The van der Waals surface area contributed by atoms with E-state index in [-0.39, 0.29) is 5.91 Å². The van der Waals surface area contributed by atoms with Crippen LogP contribution in [0.1, 0.15) is 6.42 Å². The summed E-state index contributed by atoms with van der Waals surface area (Å²) in [6.07, 6.45) is 0.447. The maximum Gasteiger partial charge on any atom is 0.224 e. The number of amides is 1. The van der Waals surface area contributed by atoms with Crippen LogP contribution in [-0.2, 0) is 9.53 Å². The summed E-state index contributed by atoms with van der Waals surface area (Å²) in [5.41, 5.74) is 0. The summed E-state index contributed by atoms with van der Waals surface area (Å²) in [6, 6.07) is 0. The maximum absolute atomic E-state index is 10.8. The van der Waals surface area contributed by atoms with Crippen molar-refractivity contribution in [1.29, 1.82) is 0 Å². The average molecular weight is 144 g/mol. The van der Waals surface area contributed by atoms with E-state index in [1.54, 1.807) is 19.0 Å². The summed E-state index contributed by atoms with van der Waals surface area (Å²) in [7, 11) is 3.46. The lowest BCUT2D eigenvalue weighted by Crippen LogP contribution is -2.22. The molecule has 0 aliphatic heterocycles. The van der Waals surface area contributed by atoms with Gasteiger partial charge in [-0.1, -0.05) is 0 Å². The van der Waals surface area contributed by atoms with Crippen molar-refractivity contribution in [2.45, 2.75) is 6.42 Å². The molecule has 1 amide bonds. The average Bonchev–Trinajstić information content (AvgIpc) is 1.88. The minimum Gasteiger partial charge on any atom is -0.381 e. The van der Waals surface area contributed by atoms with E-state index >= 15 is 0 Å². The molecule has 3 heteroatoms. The van der Waals surface area contributed by atoms with Crippen molar-refractivity contribution in [2.75, 3.05) is 27.3 Å². The number of nitrogens with zero attached hydrogens (tertiary/aromatic N) is 1. The molecule has 0 N–H and O–H groups in total. The van der Waals surface area contributed by atoms with E-state index in [1.165, 1.54) is 0 Å². The second-order valence-electron chi connectivity index (χ2n) is 2.15. The van der Waals surface area contributed by atoms with Crippen LogP contribution in [0.3, 0.4) is 0 Å². The molecule has 0 saturated carbocycles. The Morgan fingerprint density at radius 2 is 2.20 bits per heavy atom. The van der Waals surface area contributed by atoms with Crippen LogP contribution in [0.5, 0.6) is 0 Å². The first-order valence-electron chi connectivity index (χ1n) is 3.25. The minimum absolute atomic E-state index is 0.0912. The van der Waals surface area contributed by atoms with Gasteiger partial charge in [-0.15, -0.1) is 0 Å². The Morgan fingerprint density at radius 1 is 1.60 bits per heavy atom. The van der Waals surface area contributed by atoms with Gasteiger partial charge in [0.25, 0.3) is 0 Å². The van der Waals surface area contributed by atoms with E-state index < -0.39 is 0 Å². The fourth-order valence-electron chi connectivity index (χ4n) is 0.485. The Labute approximate surface area is 62.0 Å². The van der Waals surface area contributed by atoms with Crippen LogP contribution < -0.4 is 0 Å². The highest BCUT2D eigenvalue weighted by Gasteiger charge is 2.01. The molecule has 0 aliphatic rings. The lowest BCUT2D eigenvalue weighted by Gasteiger charge is -2.08. The van der Waals surface area contributed by atoms with Gasteiger partial charge in [0.15, 0.2) is 0 Å². The molecule has 0 aliphatic carbocycles. The third-order valence-corrected chi connectivity index (χ3v) is 1.10. The third kappa shape index (κ3) is 4.32. The molecule has 0 aromatic heterocycles. The number of ether oxygens (including phenoxy) is 1. The number of rotatable bonds is 4. The molecular formula is C7H14NO2. The van der Waals surface area contributed by atoms with Gasteiger partial charge in [0, 0.05) is 20.7 Å². The summed E-state index contributed by atoms with van der Waals surface area (Å²) < 4.78 is 4.90. The van der Waals surface area contributed by atoms with Crippen LogP contribution in [0.15, 0.2) is 0 Å². The Morgan fingerprint density at radius 3 is 2.60 bits per heavy atom. The molecule has 0 heterocycles. The van der Waals surface area contributed by atoms with Gasteiger partial charge in [0.2, 0.25) is 5.91 Å². The molecule has 0 rings (SSSR count). The summed E-state index contributed by atoms with van der Waals surface area (Å²) in [4.78, 5) is 12.4. The highest BCUT2D eigenvalue weighted by Crippen LogP contribution is 1.87. The van der Waals surface area contributed by atoms with Crippen molar-refractivity contribution in [3.63, 3.8) is 0 Å². The number of hydrogen-bond donors (Lipinski definition) is 0. The molecule has 0 saturated heterocycles. The van der Waals surface area contributed by atoms with Gasteiger partial charge < -0.3 is 9.64 Å². The monoisotopic (exact) mass is 144 g/mol. The van der Waals surface area contributed by atoms with Crippen LogP contribution in [0.2, 0.25) is 0 Å². The fourth-order valence-corrected chi connectivity index (χ4v) is 0.485. The van der Waals surface area contributed by atoms with Crippen molar-refractivity contribution in [3.05, 3.63) is 6.92 Å². The van der Waals surface area contributed by atoms with Gasteiger partial charge in [0.05, 0.1) is 13.0 Å². The van der Waals surface area contributed by atoms with Crippen LogP contribution in [-0.4, -0.2) is 38.1 Å². The molecule has 10 heavy (non-hydrogen) atoms. The molecule has 3 nitrogen and oxygen atoms in total. The molecular weight excluding hydrogens is 130 g/mol. The van der Waals surface area contributed by atoms with Gasteiger partial charge >= 0.3 is 0 Å². The zero-order chi connectivity index (χ0) is 7.98. The lowest BCUT2D eigenvalue weighted by atomic mass is 10.4. The highest BCUT2D eigenvalue weighted by molar-refractivity contribution is 5.75. The summed E-state index contributed by atoms with van der Waals surface area (Å²) in [5, 5.41) is 0. The Bertz CT molecular complexity index is 102. The van der Waals surface area contributed by atoms with Crippen molar-refractivity contribution in [2.24, 2.45) is 0 Å². The van der Waals surface area contributed by atoms with Gasteiger partial charge in [-0.25, -0.2) is 0 Å². The zero-order valence-corrected chi connectivity index (χ0v) is 6.59. The van der Waals surface area contributed by atoms with Gasteiger partial charge in [-0.3, -0.25) is 4.79 Å². The predicted molar refractivity (Wildman–Crippen MR) is 39.5 cm³/mol. The van der Waals surface area contributed by atoms with Crippen molar-refractivity contribution in [3.8, 4) is 0 Å². The van der Waals surface area contributed by atoms with Crippen molar-refractivity contribution < 1.29 is 9.53 Å². The second kappa shape index (κ2) is 5.23. The molecule has 0 spiro atoms. The minimum atomic E-state index is 0.0912. The molecule has 0 aromatic rings. The van der Waals surface area contributed by atoms with E-state index in [4.69, 9.17) is 4.74 Å². The first-order valence-corrected chi connectivity index (χ1v) is 3.25. The quantitative estimate of drug-likeness (QED) is 0.532. The predicted octanol–water partition coefficient (Wildman–Crippen LogP) is 0.315. The molecule has 1 radical (unpaired) electrons. The summed E-state index contributed by atoms with van der Waals surface area (Å²) in [5.74, 6) is 0.0912. The molecule has 0 aromatic carbocycles. The maximum atomic E-state index is 10.8. The highest BCUT2D eigenvalue weighted by atomic mass is 16.5. The van der Waals surface area contributed by atoms with Gasteiger partial charge in [-0.05, 0) is 6.92 Å². The molecule has 0 atom stereocenters. The van der Waals surface area contributed by atoms with Crippen molar-refractivity contribution >= 4 is 5.91 Å². The first kappa shape index (κ1) is 9.43. The molecule has 0 bridgehead atoms. The Kier molecular flexibility index (Phi) is 4.94. The lowest BCUT2D eigenvalue weighted by molar-refractivity contribution is -0.129. The van der Waals surface area contributed by atoms with Crippen molar-refractivity contribution in [1.82, 2.24) is 4.90 Å². The molecule has 59 valence electrons. The largest absolute Gasteiger partial charge is 0.381 e. The van der Waals surface area contributed by atoms with Gasteiger partial charge in [-0.2, -0.15) is 0 Å². The third-order valence-electron chi connectivity index (χ3n) is 1.10. The van der Waals surface area contributed by atoms with Crippen LogP contribution >= 0.6 is 0 Å². The Balaban J connectivity index is 3.22. The van der Waals surface area contributed by atoms with Crippen LogP contribution in [0.4, 0.5) is 0 Å². The van der Waals surface area contributed by atoms with E-state index in [0.29, 0.717) is 19.6 Å². The summed E-state index contributed by atoms with van der Waals surface area (Å²) in [6.45, 7) is 4.38. The van der Waals surface area contributed by atoms with E-state index in [2.05, 4.69) is 6.92 Å². The molecule has 0 fully saturated rings. The number of hydrogen-bond acceptors (Lipinski definition) is 2. The smallest absolute Gasteiger partial charge is 0.224 e. The van der Waals surface area contributed by atoms with Crippen LogP contribution in [0.25, 0.3) is 0 Å². The summed E-state index contributed by atoms with van der Waals surface area (Å²) >= 11 is 0. The standard InChI is InChI=1S/C7H14NO2/c1-4-10-6-5-7(9)8(2)3/h1,4-6H2,2-3H3. The fraction of sp³-hybridized carbons (Fsp3) is 0.714. The zero-order valence-electron chi connectivity index (χ0n) is 6.59. The van der Waals surface area contributed by atoms with E-state index in [9.17, 15) is 4.79 Å². The Hall–Kier alpha value is -0.570. The number of carbonyl (C=O) groups is 1.